The van der Waals surface area contributed by atoms with Gasteiger partial charge in [0.1, 0.15) is 5.76 Å². The molecule has 31 heavy (non-hydrogen) atoms. The van der Waals surface area contributed by atoms with Crippen LogP contribution in [0.2, 0.25) is 0 Å². The molecule has 8 nitrogen and oxygen atoms in total. The van der Waals surface area contributed by atoms with Crippen LogP contribution in [-0.4, -0.2) is 57.4 Å². The van der Waals surface area contributed by atoms with E-state index in [4.69, 9.17) is 19.2 Å². The third-order valence-corrected chi connectivity index (χ3v) is 4.98. The fourth-order valence-corrected chi connectivity index (χ4v) is 3.63. The maximum Gasteiger partial charge on any atom is 0.490 e. The smallest absolute Gasteiger partial charge is 0.475 e. The number of carbonyl (C=O) groups excluding carboxylic acids is 1. The third-order valence-electron chi connectivity index (χ3n) is 4.98. The number of hydrogen-bond acceptors (Lipinski definition) is 5. The van der Waals surface area contributed by atoms with Crippen LogP contribution >= 0.6 is 0 Å². The minimum atomic E-state index is -5.08. The lowest BCUT2D eigenvalue weighted by Gasteiger charge is -2.24. The zero-order valence-corrected chi connectivity index (χ0v) is 16.8. The highest BCUT2D eigenvalue weighted by Crippen LogP contribution is 2.22. The molecule has 11 heteroatoms. The van der Waals surface area contributed by atoms with Gasteiger partial charge in [-0.15, -0.1) is 0 Å². The van der Waals surface area contributed by atoms with Gasteiger partial charge in [-0.1, -0.05) is 0 Å². The molecule has 1 fully saturated rings. The van der Waals surface area contributed by atoms with Crippen LogP contribution in [0.3, 0.4) is 0 Å². The second-order valence-corrected chi connectivity index (χ2v) is 7.46. The van der Waals surface area contributed by atoms with Gasteiger partial charge in [0, 0.05) is 37.9 Å². The number of carboxylic acid groups (broad SMARTS) is 1. The number of carboxylic acids is 1. The average Bonchev–Trinajstić information content (AvgIpc) is 3.44. The minimum Gasteiger partial charge on any atom is -0.475 e. The van der Waals surface area contributed by atoms with Gasteiger partial charge in [0.2, 0.25) is 5.91 Å². The topological polar surface area (TPSA) is 88.2 Å². The van der Waals surface area contributed by atoms with Crippen molar-refractivity contribution in [2.24, 2.45) is 5.92 Å². The Bertz CT molecular complexity index is 860. The summed E-state index contributed by atoms with van der Waals surface area (Å²) in [6.45, 7) is 4.76. The van der Waals surface area contributed by atoms with Gasteiger partial charge in [0.15, 0.2) is 0 Å². The first-order chi connectivity index (χ1) is 14.7. The first kappa shape index (κ1) is 22.9. The largest absolute Gasteiger partial charge is 0.490 e. The van der Waals surface area contributed by atoms with Gasteiger partial charge in [-0.25, -0.2) is 9.86 Å². The molecule has 4 heterocycles. The van der Waals surface area contributed by atoms with E-state index in [-0.39, 0.29) is 11.8 Å². The van der Waals surface area contributed by atoms with E-state index in [0.29, 0.717) is 13.0 Å². The van der Waals surface area contributed by atoms with Crippen molar-refractivity contribution < 1.29 is 37.1 Å². The maximum absolute atomic E-state index is 12.5. The standard InChI is InChI=1S/C18H23N3O3.C2HF3O2/c22-18(21-7-3-9-24-21)10-15-11-19(14-17-5-2-8-23-17)13-16-4-1-6-20(16)12-15;3-2(4,5)1(6)7/h1-2,4-6,8,15H,3,7,9-14H2;(H,6,7). The quantitative estimate of drug-likeness (QED) is 0.782. The van der Waals surface area contributed by atoms with Crippen molar-refractivity contribution in [3.63, 3.8) is 0 Å². The van der Waals surface area contributed by atoms with Crippen molar-refractivity contribution >= 4 is 11.9 Å². The highest BCUT2D eigenvalue weighted by atomic mass is 19.4. The Kier molecular flexibility index (Phi) is 7.39. The molecule has 2 aliphatic heterocycles. The predicted molar refractivity (Wildman–Crippen MR) is 101 cm³/mol. The predicted octanol–water partition coefficient (Wildman–Crippen LogP) is 2.90. The van der Waals surface area contributed by atoms with Crippen LogP contribution in [-0.2, 0) is 34.1 Å². The molecular formula is C20H24F3N3O5. The lowest BCUT2D eigenvalue weighted by molar-refractivity contribution is -0.192. The van der Waals surface area contributed by atoms with E-state index in [0.717, 1.165) is 44.9 Å². The van der Waals surface area contributed by atoms with Crippen molar-refractivity contribution in [3.8, 4) is 0 Å². The number of nitrogens with zero attached hydrogens (tertiary/aromatic N) is 3. The van der Waals surface area contributed by atoms with Crippen LogP contribution in [0.15, 0.2) is 41.1 Å². The second kappa shape index (κ2) is 10.0. The normalized spacial score (nSPS) is 19.3. The Morgan fingerprint density at radius 1 is 1.19 bits per heavy atom. The van der Waals surface area contributed by atoms with Gasteiger partial charge < -0.3 is 14.1 Å². The Hall–Kier alpha value is -2.79. The summed E-state index contributed by atoms with van der Waals surface area (Å²) >= 11 is 0. The number of fused-ring (bicyclic) bond motifs is 1. The first-order valence-electron chi connectivity index (χ1n) is 9.84. The molecule has 170 valence electrons. The van der Waals surface area contributed by atoms with Crippen LogP contribution in [0.4, 0.5) is 13.2 Å². The molecule has 1 atom stereocenters. The van der Waals surface area contributed by atoms with Gasteiger partial charge in [-0.2, -0.15) is 13.2 Å². The van der Waals surface area contributed by atoms with Crippen LogP contribution in [0.1, 0.15) is 24.3 Å². The highest BCUT2D eigenvalue weighted by molar-refractivity contribution is 5.75. The van der Waals surface area contributed by atoms with Crippen LogP contribution < -0.4 is 0 Å². The summed E-state index contributed by atoms with van der Waals surface area (Å²) in [5.41, 5.74) is 1.29. The molecule has 0 spiro atoms. The summed E-state index contributed by atoms with van der Waals surface area (Å²) in [5, 5.41) is 8.67. The number of carbonyl (C=O) groups is 2. The zero-order chi connectivity index (χ0) is 22.4. The van der Waals surface area contributed by atoms with E-state index in [2.05, 4.69) is 27.8 Å². The van der Waals surface area contributed by atoms with E-state index in [1.165, 1.54) is 5.69 Å². The zero-order valence-electron chi connectivity index (χ0n) is 16.8. The van der Waals surface area contributed by atoms with Gasteiger partial charge >= 0.3 is 12.1 Å². The number of furan rings is 1. The summed E-state index contributed by atoms with van der Waals surface area (Å²) < 4.78 is 39.5. The van der Waals surface area contributed by atoms with E-state index >= 15 is 0 Å². The van der Waals surface area contributed by atoms with Gasteiger partial charge in [-0.05, 0) is 36.6 Å². The van der Waals surface area contributed by atoms with Crippen molar-refractivity contribution in [1.29, 1.82) is 0 Å². The van der Waals surface area contributed by atoms with Crippen molar-refractivity contribution in [1.82, 2.24) is 14.5 Å². The fourth-order valence-electron chi connectivity index (χ4n) is 3.63. The molecule has 2 aromatic heterocycles. The molecule has 0 aliphatic carbocycles. The lowest BCUT2D eigenvalue weighted by atomic mass is 10.0. The van der Waals surface area contributed by atoms with E-state index < -0.39 is 12.1 Å². The maximum atomic E-state index is 12.5. The number of halogens is 3. The number of hydrogen-bond donors (Lipinski definition) is 1. The minimum absolute atomic E-state index is 0.103. The highest BCUT2D eigenvalue weighted by Gasteiger charge is 2.38. The number of rotatable bonds is 4. The Labute approximate surface area is 176 Å². The molecule has 2 aliphatic rings. The molecule has 4 rings (SSSR count). The van der Waals surface area contributed by atoms with E-state index in [1.54, 1.807) is 11.3 Å². The molecule has 2 aromatic rings. The van der Waals surface area contributed by atoms with Gasteiger partial charge in [0.25, 0.3) is 0 Å². The number of alkyl halides is 3. The molecule has 0 bridgehead atoms. The van der Waals surface area contributed by atoms with Crippen LogP contribution in [0.5, 0.6) is 0 Å². The average molecular weight is 443 g/mol. The van der Waals surface area contributed by atoms with Crippen molar-refractivity contribution in [3.05, 3.63) is 48.2 Å². The summed E-state index contributed by atoms with van der Waals surface area (Å²) in [5.74, 6) is -1.42. The Morgan fingerprint density at radius 2 is 1.97 bits per heavy atom. The summed E-state index contributed by atoms with van der Waals surface area (Å²) in [4.78, 5) is 29.1. The lowest BCUT2D eigenvalue weighted by Crippen LogP contribution is -2.33. The molecule has 0 aromatic carbocycles. The molecule has 0 saturated carbocycles. The van der Waals surface area contributed by atoms with Crippen molar-refractivity contribution in [2.75, 3.05) is 19.7 Å². The molecule has 1 N–H and O–H groups in total. The molecule has 1 saturated heterocycles. The van der Waals surface area contributed by atoms with E-state index in [9.17, 15) is 18.0 Å². The SMILES string of the molecule is O=C(CC1CN(Cc2ccco2)Cc2cccn2C1)N1CCCO1.O=C(O)C(F)(F)F. The molecule has 1 unspecified atom stereocenters. The molecule has 0 radical (unpaired) electrons. The molecular weight excluding hydrogens is 419 g/mol. The number of amides is 1. The summed E-state index contributed by atoms with van der Waals surface area (Å²) in [6, 6.07) is 8.15. The first-order valence-corrected chi connectivity index (χ1v) is 9.84. The Balaban J connectivity index is 0.000000339. The number of aliphatic carboxylic acids is 1. The summed E-state index contributed by atoms with van der Waals surface area (Å²) in [6.07, 6.45) is 0.187. The third kappa shape index (κ3) is 6.59. The van der Waals surface area contributed by atoms with Gasteiger partial charge in [0.05, 0.1) is 26.0 Å². The van der Waals surface area contributed by atoms with Crippen LogP contribution in [0, 0.1) is 5.92 Å². The number of hydroxylamine groups is 2. The summed E-state index contributed by atoms with van der Waals surface area (Å²) in [7, 11) is 0. The van der Waals surface area contributed by atoms with Crippen LogP contribution in [0.25, 0.3) is 0 Å². The monoisotopic (exact) mass is 443 g/mol. The Morgan fingerprint density at radius 3 is 2.58 bits per heavy atom. The van der Waals surface area contributed by atoms with E-state index in [1.807, 2.05) is 12.1 Å². The molecule has 1 amide bonds. The fraction of sp³-hybridized carbons (Fsp3) is 0.500. The van der Waals surface area contributed by atoms with Crippen molar-refractivity contribution in [2.45, 2.75) is 38.7 Å². The van der Waals surface area contributed by atoms with Gasteiger partial charge in [-0.3, -0.25) is 14.5 Å². The number of aromatic nitrogens is 1. The second-order valence-electron chi connectivity index (χ2n) is 7.46.